The summed E-state index contributed by atoms with van der Waals surface area (Å²) in [5, 5.41) is 12.9. The van der Waals surface area contributed by atoms with E-state index < -0.39 is 5.97 Å². The number of carbonyl (C=O) groups is 1. The van der Waals surface area contributed by atoms with Gasteiger partial charge < -0.3 is 10.0 Å². The molecule has 0 radical (unpaired) electrons. The predicted molar refractivity (Wildman–Crippen MR) is 59.3 cm³/mol. The molecule has 1 aliphatic heterocycles. The summed E-state index contributed by atoms with van der Waals surface area (Å²) in [6, 6.07) is 0.405. The number of aromatic nitrogens is 2. The van der Waals surface area contributed by atoms with Crippen LogP contribution >= 0.6 is 0 Å². The molecule has 5 heteroatoms. The van der Waals surface area contributed by atoms with Crippen LogP contribution in [0.4, 0.5) is 0 Å². The molecule has 1 aromatic heterocycles. The zero-order valence-corrected chi connectivity index (χ0v) is 9.46. The zero-order chi connectivity index (χ0) is 11.5. The monoisotopic (exact) mass is 223 g/mol. The zero-order valence-electron chi connectivity index (χ0n) is 9.46. The normalized spacial score (nSPS) is 21.4. The van der Waals surface area contributed by atoms with Crippen molar-refractivity contribution in [3.05, 3.63) is 18.0 Å². The molecule has 16 heavy (non-hydrogen) atoms. The Labute approximate surface area is 94.7 Å². The molecule has 1 saturated heterocycles. The van der Waals surface area contributed by atoms with Gasteiger partial charge in [0.1, 0.15) is 0 Å². The van der Waals surface area contributed by atoms with E-state index in [1.807, 2.05) is 10.9 Å². The van der Waals surface area contributed by atoms with Crippen LogP contribution in [-0.2, 0) is 11.2 Å². The summed E-state index contributed by atoms with van der Waals surface area (Å²) in [6.07, 6.45) is 4.67. The molecule has 0 spiro atoms. The molecule has 1 fully saturated rings. The van der Waals surface area contributed by atoms with E-state index in [-0.39, 0.29) is 6.42 Å². The quantitative estimate of drug-likeness (QED) is 0.819. The lowest BCUT2D eigenvalue weighted by Crippen LogP contribution is -2.21. The molecule has 5 nitrogen and oxygen atoms in total. The largest absolute Gasteiger partial charge is 0.481 e. The standard InChI is InChI=1S/C11H17N3O2/c1-2-13-4-3-10(8-13)14-7-9(6-12-14)5-11(15)16/h6-7,10H,2-5,8H2,1H3,(H,15,16). The number of carboxylic acid groups (broad SMARTS) is 1. The first-order chi connectivity index (χ1) is 7.69. The Hall–Kier alpha value is -1.36. The average molecular weight is 223 g/mol. The van der Waals surface area contributed by atoms with E-state index in [1.165, 1.54) is 0 Å². The third-order valence-corrected chi connectivity index (χ3v) is 3.08. The van der Waals surface area contributed by atoms with Crippen LogP contribution in [0.2, 0.25) is 0 Å². The van der Waals surface area contributed by atoms with E-state index in [0.29, 0.717) is 6.04 Å². The molecule has 0 bridgehead atoms. The molecule has 1 aliphatic rings. The minimum absolute atomic E-state index is 0.0597. The number of likely N-dealkylation sites (N-methyl/N-ethyl adjacent to an activating group) is 1. The van der Waals surface area contributed by atoms with Crippen LogP contribution < -0.4 is 0 Å². The number of rotatable bonds is 4. The highest BCUT2D eigenvalue weighted by Gasteiger charge is 2.23. The number of likely N-dealkylation sites (tertiary alicyclic amines) is 1. The Morgan fingerprint density at radius 1 is 1.69 bits per heavy atom. The second-order valence-electron chi connectivity index (χ2n) is 4.23. The first-order valence-corrected chi connectivity index (χ1v) is 5.66. The minimum Gasteiger partial charge on any atom is -0.481 e. The summed E-state index contributed by atoms with van der Waals surface area (Å²) in [6.45, 7) is 5.35. The van der Waals surface area contributed by atoms with Crippen molar-refractivity contribution in [3.63, 3.8) is 0 Å². The van der Waals surface area contributed by atoms with Crippen LogP contribution in [-0.4, -0.2) is 45.4 Å². The second kappa shape index (κ2) is 4.65. The number of nitrogens with zero attached hydrogens (tertiary/aromatic N) is 3. The maximum atomic E-state index is 10.6. The fourth-order valence-corrected chi connectivity index (χ4v) is 2.16. The fraction of sp³-hybridized carbons (Fsp3) is 0.636. The summed E-state index contributed by atoms with van der Waals surface area (Å²) in [7, 11) is 0. The second-order valence-corrected chi connectivity index (χ2v) is 4.23. The lowest BCUT2D eigenvalue weighted by molar-refractivity contribution is -0.136. The lowest BCUT2D eigenvalue weighted by Gasteiger charge is -2.13. The molecule has 0 saturated carbocycles. The van der Waals surface area contributed by atoms with E-state index >= 15 is 0 Å². The van der Waals surface area contributed by atoms with Gasteiger partial charge in [0.15, 0.2) is 0 Å². The first kappa shape index (κ1) is 11.1. The van der Waals surface area contributed by atoms with E-state index in [2.05, 4.69) is 16.9 Å². The number of carboxylic acids is 1. The number of hydrogen-bond acceptors (Lipinski definition) is 3. The molecule has 1 aromatic rings. The van der Waals surface area contributed by atoms with Crippen LogP contribution in [0, 0.1) is 0 Å². The molecule has 1 N–H and O–H groups in total. The maximum Gasteiger partial charge on any atom is 0.307 e. The Bertz CT molecular complexity index is 375. The van der Waals surface area contributed by atoms with E-state index in [0.717, 1.165) is 31.6 Å². The summed E-state index contributed by atoms with van der Waals surface area (Å²) >= 11 is 0. The maximum absolute atomic E-state index is 10.6. The van der Waals surface area contributed by atoms with Gasteiger partial charge in [-0.1, -0.05) is 6.92 Å². The summed E-state index contributed by atoms with van der Waals surface area (Å²) in [5.41, 5.74) is 0.780. The van der Waals surface area contributed by atoms with Crippen LogP contribution in [0.5, 0.6) is 0 Å². The van der Waals surface area contributed by atoms with Crippen molar-refractivity contribution in [2.75, 3.05) is 19.6 Å². The molecular formula is C11H17N3O2. The third kappa shape index (κ3) is 2.41. The highest BCUT2D eigenvalue weighted by atomic mass is 16.4. The minimum atomic E-state index is -0.804. The molecular weight excluding hydrogens is 206 g/mol. The smallest absolute Gasteiger partial charge is 0.307 e. The third-order valence-electron chi connectivity index (χ3n) is 3.08. The fourth-order valence-electron chi connectivity index (χ4n) is 2.16. The molecule has 1 atom stereocenters. The van der Waals surface area contributed by atoms with Crippen molar-refractivity contribution in [1.29, 1.82) is 0 Å². The average Bonchev–Trinajstić information content (AvgIpc) is 2.83. The lowest BCUT2D eigenvalue weighted by atomic mass is 10.2. The van der Waals surface area contributed by atoms with Gasteiger partial charge in [0.05, 0.1) is 18.7 Å². The van der Waals surface area contributed by atoms with Gasteiger partial charge in [-0.2, -0.15) is 5.10 Å². The van der Waals surface area contributed by atoms with Gasteiger partial charge >= 0.3 is 5.97 Å². The topological polar surface area (TPSA) is 58.4 Å². The van der Waals surface area contributed by atoms with Gasteiger partial charge in [-0.05, 0) is 13.0 Å². The van der Waals surface area contributed by atoms with Crippen molar-refractivity contribution >= 4 is 5.97 Å². The van der Waals surface area contributed by atoms with Gasteiger partial charge in [0.2, 0.25) is 0 Å². The summed E-state index contributed by atoms with van der Waals surface area (Å²) < 4.78 is 1.91. The first-order valence-electron chi connectivity index (χ1n) is 5.66. The van der Waals surface area contributed by atoms with Crippen molar-refractivity contribution in [3.8, 4) is 0 Å². The molecule has 0 aliphatic carbocycles. The molecule has 0 aromatic carbocycles. The van der Waals surface area contributed by atoms with Crippen LogP contribution in [0.15, 0.2) is 12.4 Å². The SMILES string of the molecule is CCN1CCC(n2cc(CC(=O)O)cn2)C1. The van der Waals surface area contributed by atoms with Gasteiger partial charge in [-0.25, -0.2) is 0 Å². The van der Waals surface area contributed by atoms with Crippen molar-refractivity contribution in [2.24, 2.45) is 0 Å². The number of aliphatic carboxylic acids is 1. The Morgan fingerprint density at radius 3 is 3.12 bits per heavy atom. The van der Waals surface area contributed by atoms with Gasteiger partial charge in [0.25, 0.3) is 0 Å². The Balaban J connectivity index is 1.99. The van der Waals surface area contributed by atoms with Crippen molar-refractivity contribution < 1.29 is 9.90 Å². The predicted octanol–water partition coefficient (Wildman–Crippen LogP) is 0.777. The van der Waals surface area contributed by atoms with Gasteiger partial charge in [-0.15, -0.1) is 0 Å². The molecule has 2 rings (SSSR count). The highest BCUT2D eigenvalue weighted by molar-refractivity contribution is 5.69. The van der Waals surface area contributed by atoms with E-state index in [1.54, 1.807) is 6.20 Å². The Morgan fingerprint density at radius 2 is 2.50 bits per heavy atom. The molecule has 88 valence electrons. The molecule has 2 heterocycles. The van der Waals surface area contributed by atoms with Crippen LogP contribution in [0.25, 0.3) is 0 Å². The number of hydrogen-bond donors (Lipinski definition) is 1. The molecule has 0 amide bonds. The summed E-state index contributed by atoms with van der Waals surface area (Å²) in [5.74, 6) is -0.804. The van der Waals surface area contributed by atoms with Gasteiger partial charge in [-0.3, -0.25) is 9.48 Å². The molecule has 1 unspecified atom stereocenters. The van der Waals surface area contributed by atoms with Crippen molar-refractivity contribution in [1.82, 2.24) is 14.7 Å². The Kier molecular flexibility index (Phi) is 3.24. The van der Waals surface area contributed by atoms with E-state index in [9.17, 15) is 4.79 Å². The van der Waals surface area contributed by atoms with Crippen LogP contribution in [0.3, 0.4) is 0 Å². The highest BCUT2D eigenvalue weighted by Crippen LogP contribution is 2.20. The van der Waals surface area contributed by atoms with E-state index in [4.69, 9.17) is 5.11 Å². The van der Waals surface area contributed by atoms with Crippen LogP contribution in [0.1, 0.15) is 24.9 Å². The van der Waals surface area contributed by atoms with Gasteiger partial charge in [0, 0.05) is 24.8 Å². The summed E-state index contributed by atoms with van der Waals surface area (Å²) in [4.78, 5) is 12.9. The van der Waals surface area contributed by atoms with Crippen molar-refractivity contribution in [2.45, 2.75) is 25.8 Å².